The number of aryl methyl sites for hydroxylation is 1. The van der Waals surface area contributed by atoms with E-state index in [9.17, 15) is 12.8 Å². The van der Waals surface area contributed by atoms with Crippen LogP contribution in [-0.2, 0) is 20.7 Å². The van der Waals surface area contributed by atoms with Crippen LogP contribution in [0.3, 0.4) is 0 Å². The van der Waals surface area contributed by atoms with E-state index in [2.05, 4.69) is 6.07 Å². The molecule has 0 N–H and O–H groups in total. The molecule has 107 valence electrons. The fourth-order valence-electron chi connectivity index (χ4n) is 2.88. The Labute approximate surface area is 117 Å². The molecule has 0 saturated carbocycles. The maximum absolute atomic E-state index is 14.0. The second-order valence-corrected chi connectivity index (χ2v) is 6.80. The Bertz CT molecular complexity index is 766. The zero-order valence-electron chi connectivity index (χ0n) is 11.3. The zero-order valence-corrected chi connectivity index (χ0v) is 12.1. The molecule has 2 atom stereocenters. The van der Waals surface area contributed by atoms with Gasteiger partial charge in [0.1, 0.15) is 5.82 Å². The monoisotopic (exact) mass is 296 g/mol. The second kappa shape index (κ2) is 4.56. The van der Waals surface area contributed by atoms with Gasteiger partial charge < -0.3 is 4.57 Å². The van der Waals surface area contributed by atoms with Crippen LogP contribution in [0.2, 0.25) is 0 Å². The molecule has 0 spiro atoms. The summed E-state index contributed by atoms with van der Waals surface area (Å²) in [6.07, 6.45) is 1.78. The summed E-state index contributed by atoms with van der Waals surface area (Å²) in [6.45, 7) is 1.85. The van der Waals surface area contributed by atoms with Gasteiger partial charge in [0.25, 0.3) is 10.1 Å². The van der Waals surface area contributed by atoms with E-state index in [1.165, 1.54) is 6.07 Å². The Morgan fingerprint density at radius 1 is 1.45 bits per heavy atom. The van der Waals surface area contributed by atoms with Crippen molar-refractivity contribution in [2.24, 2.45) is 0 Å². The van der Waals surface area contributed by atoms with Gasteiger partial charge in [-0.1, -0.05) is 12.1 Å². The third kappa shape index (κ3) is 2.23. The lowest BCUT2D eigenvalue weighted by atomic mass is 10.0. The van der Waals surface area contributed by atoms with Gasteiger partial charge in [-0.2, -0.15) is 8.42 Å². The maximum Gasteiger partial charge on any atom is 0.264 e. The summed E-state index contributed by atoms with van der Waals surface area (Å²) in [7, 11) is -3.52. The Balaban J connectivity index is 2.10. The van der Waals surface area contributed by atoms with Crippen molar-refractivity contribution in [3.63, 3.8) is 0 Å². The third-order valence-electron chi connectivity index (χ3n) is 3.71. The molecule has 1 aromatic heterocycles. The molecule has 2 heterocycles. The first-order valence-electron chi connectivity index (χ1n) is 6.45. The lowest BCUT2D eigenvalue weighted by Gasteiger charge is -2.31. The molecule has 1 aliphatic heterocycles. The van der Waals surface area contributed by atoms with E-state index in [0.717, 1.165) is 11.9 Å². The smallest absolute Gasteiger partial charge is 0.264 e. The van der Waals surface area contributed by atoms with Crippen molar-refractivity contribution in [3.05, 3.63) is 35.8 Å². The number of nitrogens with zero attached hydrogens (tertiary/aromatic N) is 1. The van der Waals surface area contributed by atoms with Gasteiger partial charge in [-0.25, -0.2) is 4.39 Å². The van der Waals surface area contributed by atoms with Crippen molar-refractivity contribution in [2.75, 3.05) is 6.26 Å². The Kier molecular flexibility index (Phi) is 3.10. The predicted molar refractivity (Wildman–Crippen MR) is 73.5 cm³/mol. The van der Waals surface area contributed by atoms with Crippen LogP contribution in [-0.4, -0.2) is 25.3 Å². The Hall–Kier alpha value is -1.40. The minimum atomic E-state index is -3.52. The number of aromatic nitrogens is 1. The van der Waals surface area contributed by atoms with Crippen molar-refractivity contribution in [1.29, 1.82) is 0 Å². The maximum atomic E-state index is 14.0. The predicted octanol–water partition coefficient (Wildman–Crippen LogP) is 2.43. The molecule has 0 aliphatic carbocycles. The summed E-state index contributed by atoms with van der Waals surface area (Å²) in [6, 6.07) is 7.79. The summed E-state index contributed by atoms with van der Waals surface area (Å²) in [5.74, 6) is -0.322. The molecule has 3 rings (SSSR count). The van der Waals surface area contributed by atoms with Crippen LogP contribution in [0.4, 0.5) is 4.39 Å². The molecular weight excluding hydrogens is 281 g/mol. The number of hydrogen-bond acceptors (Lipinski definition) is 3. The highest BCUT2D eigenvalue weighted by atomic mass is 32.2. The highest BCUT2D eigenvalue weighted by Gasteiger charge is 2.31. The first kappa shape index (κ1) is 13.6. The molecule has 1 aliphatic rings. The summed E-state index contributed by atoms with van der Waals surface area (Å²) in [5, 5.41) is 0.715. The lowest BCUT2D eigenvalue weighted by molar-refractivity contribution is 0.132. The van der Waals surface area contributed by atoms with Gasteiger partial charge >= 0.3 is 0 Å². The number of benzene rings is 1. The van der Waals surface area contributed by atoms with Crippen molar-refractivity contribution < 1.29 is 17.0 Å². The van der Waals surface area contributed by atoms with Gasteiger partial charge in [0, 0.05) is 17.1 Å². The molecule has 4 nitrogen and oxygen atoms in total. The number of halogens is 1. The molecule has 0 fully saturated rings. The van der Waals surface area contributed by atoms with E-state index in [1.54, 1.807) is 6.07 Å². The average Bonchev–Trinajstić information content (AvgIpc) is 2.72. The molecule has 20 heavy (non-hydrogen) atoms. The first-order chi connectivity index (χ1) is 9.37. The van der Waals surface area contributed by atoms with Gasteiger partial charge in [0.15, 0.2) is 0 Å². The van der Waals surface area contributed by atoms with E-state index in [4.69, 9.17) is 4.18 Å². The summed E-state index contributed by atoms with van der Waals surface area (Å²) < 4.78 is 43.6. The summed E-state index contributed by atoms with van der Waals surface area (Å²) in [5.41, 5.74) is 1.36. The summed E-state index contributed by atoms with van der Waals surface area (Å²) in [4.78, 5) is 0. The molecular formula is C14H15FNO3S. The van der Waals surface area contributed by atoms with Crippen LogP contribution in [0.25, 0.3) is 10.9 Å². The van der Waals surface area contributed by atoms with E-state index in [1.807, 2.05) is 17.6 Å². The fourth-order valence-corrected chi connectivity index (χ4v) is 3.59. The molecule has 2 aromatic rings. The molecule has 0 saturated heterocycles. The van der Waals surface area contributed by atoms with Gasteiger partial charge in [-0.05, 0) is 25.8 Å². The highest BCUT2D eigenvalue weighted by Crippen LogP contribution is 2.34. The SMILES string of the molecule is CC1C(OS(C)(=O)=O)CCc2[c]c3cccc(F)c3n21. The zero-order chi connectivity index (χ0) is 14.5. The van der Waals surface area contributed by atoms with Crippen LogP contribution in [0.15, 0.2) is 18.2 Å². The van der Waals surface area contributed by atoms with Gasteiger partial charge in [-0.15, -0.1) is 0 Å². The normalized spacial score (nSPS) is 22.9. The molecule has 0 amide bonds. The van der Waals surface area contributed by atoms with Crippen molar-refractivity contribution in [2.45, 2.75) is 31.9 Å². The largest absolute Gasteiger partial charge is 0.336 e. The van der Waals surface area contributed by atoms with Crippen LogP contribution in [0.5, 0.6) is 0 Å². The van der Waals surface area contributed by atoms with Crippen LogP contribution < -0.4 is 0 Å². The first-order valence-corrected chi connectivity index (χ1v) is 8.27. The van der Waals surface area contributed by atoms with Gasteiger partial charge in [0.2, 0.25) is 0 Å². The van der Waals surface area contributed by atoms with E-state index in [-0.39, 0.29) is 11.9 Å². The highest BCUT2D eigenvalue weighted by molar-refractivity contribution is 7.86. The average molecular weight is 296 g/mol. The van der Waals surface area contributed by atoms with E-state index >= 15 is 0 Å². The number of fused-ring (bicyclic) bond motifs is 3. The molecule has 6 heteroatoms. The van der Waals surface area contributed by atoms with Crippen molar-refractivity contribution >= 4 is 21.0 Å². The topological polar surface area (TPSA) is 48.3 Å². The molecule has 1 radical (unpaired) electrons. The van der Waals surface area contributed by atoms with Crippen molar-refractivity contribution in [3.8, 4) is 0 Å². The van der Waals surface area contributed by atoms with E-state index in [0.29, 0.717) is 23.7 Å². The van der Waals surface area contributed by atoms with Crippen molar-refractivity contribution in [1.82, 2.24) is 4.57 Å². The summed E-state index contributed by atoms with van der Waals surface area (Å²) >= 11 is 0. The lowest BCUT2D eigenvalue weighted by Crippen LogP contribution is -2.32. The fraction of sp³-hybridized carbons (Fsp3) is 0.429. The number of hydrogen-bond donors (Lipinski definition) is 0. The Morgan fingerprint density at radius 3 is 2.90 bits per heavy atom. The van der Waals surface area contributed by atoms with Crippen LogP contribution >= 0.6 is 0 Å². The van der Waals surface area contributed by atoms with Gasteiger partial charge in [-0.3, -0.25) is 4.18 Å². The number of rotatable bonds is 2. The standard InChI is InChI=1S/C14H15FNO3S/c1-9-13(19-20(2,17)18)7-6-11-8-10-4-3-5-12(15)14(10)16(9)11/h3-5,9,13H,6-7H2,1-2H3. The van der Waals surface area contributed by atoms with Crippen LogP contribution in [0, 0.1) is 11.9 Å². The minimum Gasteiger partial charge on any atom is -0.336 e. The quantitative estimate of drug-likeness (QED) is 0.800. The number of para-hydroxylation sites is 1. The van der Waals surface area contributed by atoms with E-state index < -0.39 is 16.2 Å². The van der Waals surface area contributed by atoms with Gasteiger partial charge in [0.05, 0.1) is 23.9 Å². The molecule has 1 aromatic carbocycles. The Morgan fingerprint density at radius 2 is 2.20 bits per heavy atom. The van der Waals surface area contributed by atoms with Crippen LogP contribution in [0.1, 0.15) is 25.1 Å². The third-order valence-corrected chi connectivity index (χ3v) is 4.30. The molecule has 2 unspecified atom stereocenters. The molecule has 0 bridgehead atoms. The minimum absolute atomic E-state index is 0.251. The second-order valence-electron chi connectivity index (χ2n) is 5.20.